The van der Waals surface area contributed by atoms with E-state index in [1.165, 1.54) is 48.2 Å². The average Bonchev–Trinajstić information content (AvgIpc) is 3.16. The third-order valence-corrected chi connectivity index (χ3v) is 5.90. The van der Waals surface area contributed by atoms with Gasteiger partial charge in [-0.3, -0.25) is 0 Å². The molecule has 3 N–H and O–H groups in total. The zero-order valence-electron chi connectivity index (χ0n) is 18.1. The molecule has 2 aromatic carbocycles. The Labute approximate surface area is 190 Å². The number of benzene rings is 2. The molecule has 0 amide bonds. The van der Waals surface area contributed by atoms with Gasteiger partial charge in [0.1, 0.15) is 17.5 Å². The van der Waals surface area contributed by atoms with Crippen LogP contribution in [0.3, 0.4) is 0 Å². The van der Waals surface area contributed by atoms with E-state index in [0.717, 1.165) is 19.6 Å². The van der Waals surface area contributed by atoms with Crippen LogP contribution in [0.15, 0.2) is 48.5 Å². The van der Waals surface area contributed by atoms with Crippen molar-refractivity contribution in [2.24, 2.45) is 0 Å². The van der Waals surface area contributed by atoms with Crippen LogP contribution in [-0.4, -0.2) is 50.8 Å². The standard InChI is InChI=1S/C24H25F2N7/c25-17-7-9-19(10-8-17)33-22(27)20-21(16-5-4-6-18(26)15-16)29-24(30-23(20)31-33)28-11-14-32-12-2-1-3-13-32/h4-10,15H,1-3,11-14,27H2,(H,28,30,31). The summed E-state index contributed by atoms with van der Waals surface area (Å²) in [4.78, 5) is 11.7. The summed E-state index contributed by atoms with van der Waals surface area (Å²) >= 11 is 0. The number of likely N-dealkylation sites (tertiary alicyclic amines) is 1. The van der Waals surface area contributed by atoms with E-state index in [9.17, 15) is 8.78 Å². The van der Waals surface area contributed by atoms with E-state index in [4.69, 9.17) is 5.73 Å². The number of hydrogen-bond acceptors (Lipinski definition) is 6. The van der Waals surface area contributed by atoms with Gasteiger partial charge in [-0.2, -0.15) is 4.98 Å². The molecule has 7 nitrogen and oxygen atoms in total. The van der Waals surface area contributed by atoms with Crippen molar-refractivity contribution < 1.29 is 8.78 Å². The number of nitrogens with zero attached hydrogens (tertiary/aromatic N) is 5. The summed E-state index contributed by atoms with van der Waals surface area (Å²) in [5.41, 5.74) is 8.48. The van der Waals surface area contributed by atoms with E-state index >= 15 is 0 Å². The molecule has 5 rings (SSSR count). The fourth-order valence-electron chi connectivity index (χ4n) is 4.22. The molecule has 0 atom stereocenters. The summed E-state index contributed by atoms with van der Waals surface area (Å²) in [5.74, 6) is -0.0175. The van der Waals surface area contributed by atoms with Gasteiger partial charge in [-0.05, 0) is 62.3 Å². The van der Waals surface area contributed by atoms with Gasteiger partial charge in [0.05, 0.1) is 16.8 Å². The number of rotatable bonds is 6. The molecule has 170 valence electrons. The molecule has 33 heavy (non-hydrogen) atoms. The van der Waals surface area contributed by atoms with Crippen molar-refractivity contribution in [2.75, 3.05) is 37.2 Å². The highest BCUT2D eigenvalue weighted by molar-refractivity contribution is 5.99. The van der Waals surface area contributed by atoms with Crippen LogP contribution in [-0.2, 0) is 0 Å². The van der Waals surface area contributed by atoms with Crippen molar-refractivity contribution in [1.82, 2.24) is 24.6 Å². The lowest BCUT2D eigenvalue weighted by atomic mass is 10.1. The third kappa shape index (κ3) is 4.49. The molecule has 0 aliphatic carbocycles. The lowest BCUT2D eigenvalue weighted by Gasteiger charge is -2.26. The van der Waals surface area contributed by atoms with Gasteiger partial charge in [0.25, 0.3) is 0 Å². The number of nitrogen functional groups attached to an aromatic ring is 1. The maximum absolute atomic E-state index is 14.0. The van der Waals surface area contributed by atoms with Crippen molar-refractivity contribution in [2.45, 2.75) is 19.3 Å². The fourth-order valence-corrected chi connectivity index (χ4v) is 4.22. The Morgan fingerprint density at radius 2 is 1.73 bits per heavy atom. The van der Waals surface area contributed by atoms with Crippen molar-refractivity contribution in [3.05, 3.63) is 60.2 Å². The Balaban J connectivity index is 1.54. The third-order valence-electron chi connectivity index (χ3n) is 5.90. The second-order valence-corrected chi connectivity index (χ2v) is 8.21. The molecular formula is C24H25F2N7. The maximum Gasteiger partial charge on any atom is 0.225 e. The minimum Gasteiger partial charge on any atom is -0.383 e. The molecule has 0 saturated carbocycles. The van der Waals surface area contributed by atoms with E-state index in [2.05, 4.69) is 25.3 Å². The molecule has 4 aromatic rings. The highest BCUT2D eigenvalue weighted by Gasteiger charge is 2.20. The Hall–Kier alpha value is -3.59. The first-order valence-electron chi connectivity index (χ1n) is 11.1. The van der Waals surface area contributed by atoms with Gasteiger partial charge in [0.2, 0.25) is 5.95 Å². The van der Waals surface area contributed by atoms with E-state index in [1.807, 2.05) is 0 Å². The van der Waals surface area contributed by atoms with E-state index in [-0.39, 0.29) is 11.6 Å². The number of anilines is 2. The number of piperidine rings is 1. The zero-order chi connectivity index (χ0) is 22.8. The molecule has 0 radical (unpaired) electrons. The van der Waals surface area contributed by atoms with Crippen LogP contribution in [0.25, 0.3) is 28.0 Å². The maximum atomic E-state index is 14.0. The lowest BCUT2D eigenvalue weighted by molar-refractivity contribution is 0.237. The van der Waals surface area contributed by atoms with Crippen LogP contribution in [0.4, 0.5) is 20.5 Å². The number of nitrogens with one attached hydrogen (secondary N) is 1. The Bertz CT molecular complexity index is 1260. The normalized spacial score (nSPS) is 14.6. The first-order chi connectivity index (χ1) is 16.1. The number of nitrogens with two attached hydrogens (primary N) is 1. The molecular weight excluding hydrogens is 424 g/mol. The molecule has 1 aliphatic rings. The van der Waals surface area contributed by atoms with Gasteiger partial charge in [0.15, 0.2) is 5.65 Å². The Morgan fingerprint density at radius 1 is 0.939 bits per heavy atom. The predicted octanol–water partition coefficient (Wildman–Crippen LogP) is 4.24. The predicted molar refractivity (Wildman–Crippen MR) is 125 cm³/mol. The summed E-state index contributed by atoms with van der Waals surface area (Å²) in [7, 11) is 0. The zero-order valence-corrected chi connectivity index (χ0v) is 18.1. The molecule has 0 unspecified atom stereocenters. The SMILES string of the molecule is Nc1c2c(-c3cccc(F)c3)nc(NCCN3CCCCC3)nc2nn1-c1ccc(F)cc1. The second-order valence-electron chi connectivity index (χ2n) is 8.21. The van der Waals surface area contributed by atoms with E-state index < -0.39 is 0 Å². The van der Waals surface area contributed by atoms with Gasteiger partial charge in [-0.25, -0.2) is 18.4 Å². The van der Waals surface area contributed by atoms with Crippen molar-refractivity contribution in [1.29, 1.82) is 0 Å². The van der Waals surface area contributed by atoms with Gasteiger partial charge < -0.3 is 16.0 Å². The fraction of sp³-hybridized carbons (Fsp3) is 0.292. The first kappa shape index (κ1) is 21.3. The molecule has 3 heterocycles. The topological polar surface area (TPSA) is 84.9 Å². The first-order valence-corrected chi connectivity index (χ1v) is 11.1. The number of halogens is 2. The molecule has 1 fully saturated rings. The minimum atomic E-state index is -0.372. The highest BCUT2D eigenvalue weighted by atomic mass is 19.1. The highest BCUT2D eigenvalue weighted by Crippen LogP contribution is 2.33. The van der Waals surface area contributed by atoms with Crippen LogP contribution in [0.2, 0.25) is 0 Å². The van der Waals surface area contributed by atoms with Gasteiger partial charge in [-0.15, -0.1) is 5.10 Å². The van der Waals surface area contributed by atoms with Crippen molar-refractivity contribution >= 4 is 22.8 Å². The lowest BCUT2D eigenvalue weighted by Crippen LogP contribution is -2.33. The van der Waals surface area contributed by atoms with Crippen LogP contribution in [0.1, 0.15) is 19.3 Å². The summed E-state index contributed by atoms with van der Waals surface area (Å²) < 4.78 is 28.9. The largest absolute Gasteiger partial charge is 0.383 e. The van der Waals surface area contributed by atoms with Gasteiger partial charge >= 0.3 is 0 Å². The molecule has 9 heteroatoms. The van der Waals surface area contributed by atoms with Crippen molar-refractivity contribution in [3.63, 3.8) is 0 Å². The van der Waals surface area contributed by atoms with Crippen LogP contribution >= 0.6 is 0 Å². The average molecular weight is 450 g/mol. The number of fused-ring (bicyclic) bond motifs is 1. The van der Waals surface area contributed by atoms with E-state index in [1.54, 1.807) is 24.3 Å². The smallest absolute Gasteiger partial charge is 0.225 e. The van der Waals surface area contributed by atoms with Crippen LogP contribution < -0.4 is 11.1 Å². The molecule has 0 bridgehead atoms. The Morgan fingerprint density at radius 3 is 2.48 bits per heavy atom. The quantitative estimate of drug-likeness (QED) is 0.458. The summed E-state index contributed by atoms with van der Waals surface area (Å²) in [5, 5.41) is 8.36. The van der Waals surface area contributed by atoms with Crippen LogP contribution in [0.5, 0.6) is 0 Å². The molecule has 1 saturated heterocycles. The van der Waals surface area contributed by atoms with Gasteiger partial charge in [0, 0.05) is 18.7 Å². The number of hydrogen-bond donors (Lipinski definition) is 2. The summed E-state index contributed by atoms with van der Waals surface area (Å²) in [6.45, 7) is 3.79. The molecule has 0 spiro atoms. The summed E-state index contributed by atoms with van der Waals surface area (Å²) in [6, 6.07) is 12.1. The monoisotopic (exact) mass is 449 g/mol. The Kier molecular flexibility index (Phi) is 5.87. The van der Waals surface area contributed by atoms with Crippen LogP contribution in [0, 0.1) is 11.6 Å². The minimum absolute atomic E-state index is 0.302. The van der Waals surface area contributed by atoms with E-state index in [0.29, 0.717) is 46.3 Å². The summed E-state index contributed by atoms with van der Waals surface area (Å²) in [6.07, 6.45) is 3.75. The number of aromatic nitrogens is 4. The molecule has 1 aliphatic heterocycles. The van der Waals surface area contributed by atoms with Gasteiger partial charge in [-0.1, -0.05) is 18.6 Å². The second kappa shape index (κ2) is 9.11. The molecule has 2 aromatic heterocycles. The van der Waals surface area contributed by atoms with Crippen molar-refractivity contribution in [3.8, 4) is 16.9 Å².